The van der Waals surface area contributed by atoms with Gasteiger partial charge in [-0.3, -0.25) is 0 Å². The topological polar surface area (TPSA) is 120 Å². The molecule has 0 fully saturated rings. The molecule has 2 aromatic carbocycles. The lowest BCUT2D eigenvalue weighted by atomic mass is 10.1. The average Bonchev–Trinajstić information content (AvgIpc) is 3.45. The molecular formula is C26H22N4O4S. The molecule has 0 radical (unpaired) electrons. The Morgan fingerprint density at radius 1 is 1.09 bits per heavy atom. The standard InChI is InChI=1S/C26H22N4O4S/c1-3-33-26(32)23-21(19(13-27)24(28)35-23)15-34-25(31)20-14-30(18-11-9-16(2)10-12-18)29-22(20)17-7-5-4-6-8-17/h4-12,14H,3,15,28H2,1-2H3. The Bertz CT molecular complexity index is 1420. The number of aromatic nitrogens is 2. The van der Waals surface area contributed by atoms with Gasteiger partial charge in [-0.05, 0) is 26.0 Å². The van der Waals surface area contributed by atoms with Gasteiger partial charge in [0.25, 0.3) is 0 Å². The monoisotopic (exact) mass is 486 g/mol. The zero-order valence-corrected chi connectivity index (χ0v) is 20.0. The van der Waals surface area contributed by atoms with E-state index in [0.29, 0.717) is 5.69 Å². The van der Waals surface area contributed by atoms with Gasteiger partial charge in [0.2, 0.25) is 0 Å². The van der Waals surface area contributed by atoms with Gasteiger partial charge in [0, 0.05) is 17.3 Å². The molecule has 0 aliphatic heterocycles. The first-order valence-corrected chi connectivity index (χ1v) is 11.6. The van der Waals surface area contributed by atoms with E-state index in [1.165, 1.54) is 0 Å². The first kappa shape index (κ1) is 23.7. The zero-order valence-electron chi connectivity index (χ0n) is 19.1. The van der Waals surface area contributed by atoms with E-state index in [1.807, 2.05) is 67.6 Å². The van der Waals surface area contributed by atoms with Crippen molar-refractivity contribution in [2.24, 2.45) is 0 Å². The van der Waals surface area contributed by atoms with E-state index < -0.39 is 11.9 Å². The van der Waals surface area contributed by atoms with Crippen molar-refractivity contribution < 1.29 is 19.1 Å². The highest BCUT2D eigenvalue weighted by Gasteiger charge is 2.26. The molecule has 2 aromatic heterocycles. The highest BCUT2D eigenvalue weighted by molar-refractivity contribution is 7.18. The minimum Gasteiger partial charge on any atom is -0.462 e. The Hall–Kier alpha value is -4.42. The number of nitrogen functional groups attached to an aromatic ring is 1. The summed E-state index contributed by atoms with van der Waals surface area (Å²) in [5.74, 6) is -1.26. The molecule has 0 aliphatic carbocycles. The SMILES string of the molecule is CCOC(=O)c1sc(N)c(C#N)c1COC(=O)c1cn(-c2ccc(C)cc2)nc1-c1ccccc1. The van der Waals surface area contributed by atoms with Crippen molar-refractivity contribution in [2.75, 3.05) is 12.3 Å². The van der Waals surface area contributed by atoms with Gasteiger partial charge < -0.3 is 15.2 Å². The Kier molecular flexibility index (Phi) is 6.94. The van der Waals surface area contributed by atoms with E-state index in [1.54, 1.807) is 17.8 Å². The number of carbonyl (C=O) groups excluding carboxylic acids is 2. The second-order valence-corrected chi connectivity index (χ2v) is 8.65. The fourth-order valence-electron chi connectivity index (χ4n) is 3.48. The van der Waals surface area contributed by atoms with Crippen LogP contribution in [0.25, 0.3) is 16.9 Å². The zero-order chi connectivity index (χ0) is 24.9. The van der Waals surface area contributed by atoms with Crippen LogP contribution in [0.5, 0.6) is 0 Å². The van der Waals surface area contributed by atoms with Crippen LogP contribution < -0.4 is 5.73 Å². The lowest BCUT2D eigenvalue weighted by molar-refractivity contribution is 0.0453. The Balaban J connectivity index is 1.68. The van der Waals surface area contributed by atoms with Crippen LogP contribution in [0.2, 0.25) is 0 Å². The highest BCUT2D eigenvalue weighted by Crippen LogP contribution is 2.32. The van der Waals surface area contributed by atoms with Gasteiger partial charge in [0.15, 0.2) is 0 Å². The first-order valence-electron chi connectivity index (χ1n) is 10.8. The molecule has 0 unspecified atom stereocenters. The van der Waals surface area contributed by atoms with Gasteiger partial charge in [0.1, 0.15) is 33.8 Å². The highest BCUT2D eigenvalue weighted by atomic mass is 32.1. The summed E-state index contributed by atoms with van der Waals surface area (Å²) in [5, 5.41) is 14.3. The van der Waals surface area contributed by atoms with Gasteiger partial charge in [-0.1, -0.05) is 48.0 Å². The number of anilines is 1. The van der Waals surface area contributed by atoms with E-state index in [0.717, 1.165) is 28.2 Å². The molecule has 0 atom stereocenters. The average molecular weight is 487 g/mol. The van der Waals surface area contributed by atoms with Crippen LogP contribution in [0, 0.1) is 18.3 Å². The molecule has 0 spiro atoms. The number of thiophene rings is 1. The van der Waals surface area contributed by atoms with Crippen LogP contribution in [0.4, 0.5) is 5.00 Å². The second-order valence-electron chi connectivity index (χ2n) is 7.59. The lowest BCUT2D eigenvalue weighted by Gasteiger charge is -2.07. The maximum absolute atomic E-state index is 13.2. The fourth-order valence-corrected chi connectivity index (χ4v) is 4.40. The molecule has 2 N–H and O–H groups in total. The van der Waals surface area contributed by atoms with Crippen LogP contribution in [-0.2, 0) is 16.1 Å². The number of nitrogens with two attached hydrogens (primary N) is 1. The van der Waals surface area contributed by atoms with Gasteiger partial charge in [0.05, 0.1) is 17.9 Å². The van der Waals surface area contributed by atoms with E-state index >= 15 is 0 Å². The molecule has 4 rings (SSSR count). The molecule has 9 heteroatoms. The molecule has 8 nitrogen and oxygen atoms in total. The molecule has 0 aliphatic rings. The molecule has 0 saturated heterocycles. The van der Waals surface area contributed by atoms with Crippen LogP contribution in [0.1, 0.15) is 43.6 Å². The Morgan fingerprint density at radius 3 is 2.46 bits per heavy atom. The number of nitrogens with zero attached hydrogens (tertiary/aromatic N) is 3. The van der Waals surface area contributed by atoms with Crippen molar-refractivity contribution >= 4 is 28.3 Å². The fraction of sp³-hybridized carbons (Fsp3) is 0.154. The van der Waals surface area contributed by atoms with Crippen molar-refractivity contribution in [3.8, 4) is 23.0 Å². The number of hydrogen-bond acceptors (Lipinski definition) is 8. The van der Waals surface area contributed by atoms with E-state index in [9.17, 15) is 14.9 Å². The second kappa shape index (κ2) is 10.2. The summed E-state index contributed by atoms with van der Waals surface area (Å²) >= 11 is 0.937. The number of aryl methyl sites for hydroxylation is 1. The normalized spacial score (nSPS) is 10.5. The van der Waals surface area contributed by atoms with E-state index in [2.05, 4.69) is 5.10 Å². The predicted molar refractivity (Wildman–Crippen MR) is 132 cm³/mol. The summed E-state index contributed by atoms with van der Waals surface area (Å²) in [6.07, 6.45) is 1.61. The van der Waals surface area contributed by atoms with Crippen LogP contribution >= 0.6 is 11.3 Å². The lowest BCUT2D eigenvalue weighted by Crippen LogP contribution is -2.10. The third-order valence-electron chi connectivity index (χ3n) is 5.23. The number of ether oxygens (including phenoxy) is 2. The van der Waals surface area contributed by atoms with Crippen molar-refractivity contribution in [2.45, 2.75) is 20.5 Å². The summed E-state index contributed by atoms with van der Waals surface area (Å²) < 4.78 is 12.2. The summed E-state index contributed by atoms with van der Waals surface area (Å²) in [5.41, 5.74) is 9.58. The van der Waals surface area contributed by atoms with Crippen LogP contribution in [0.15, 0.2) is 60.8 Å². The third kappa shape index (κ3) is 4.93. The molecule has 2 heterocycles. The minimum absolute atomic E-state index is 0.101. The number of carbonyl (C=O) groups is 2. The number of nitriles is 1. The van der Waals surface area contributed by atoms with Crippen LogP contribution in [0.3, 0.4) is 0 Å². The summed E-state index contributed by atoms with van der Waals surface area (Å²) in [6, 6.07) is 19.0. The maximum atomic E-state index is 13.2. The molecule has 0 bridgehead atoms. The van der Waals surface area contributed by atoms with Gasteiger partial charge in [-0.25, -0.2) is 14.3 Å². The van der Waals surface area contributed by atoms with Gasteiger partial charge in [-0.15, -0.1) is 11.3 Å². The van der Waals surface area contributed by atoms with Gasteiger partial charge in [-0.2, -0.15) is 10.4 Å². The number of rotatable bonds is 7. The smallest absolute Gasteiger partial charge is 0.348 e. The maximum Gasteiger partial charge on any atom is 0.348 e. The van der Waals surface area contributed by atoms with Gasteiger partial charge >= 0.3 is 11.9 Å². The molecule has 4 aromatic rings. The van der Waals surface area contributed by atoms with E-state index in [-0.39, 0.29) is 39.8 Å². The number of esters is 2. The number of benzene rings is 2. The molecular weight excluding hydrogens is 464 g/mol. The quantitative estimate of drug-likeness (QED) is 0.369. The van der Waals surface area contributed by atoms with Crippen LogP contribution in [-0.4, -0.2) is 28.3 Å². The summed E-state index contributed by atoms with van der Waals surface area (Å²) in [4.78, 5) is 25.7. The van der Waals surface area contributed by atoms with Crippen molar-refractivity contribution in [1.82, 2.24) is 9.78 Å². The van der Waals surface area contributed by atoms with Crippen molar-refractivity contribution in [1.29, 1.82) is 5.26 Å². The van der Waals surface area contributed by atoms with Crippen molar-refractivity contribution in [3.63, 3.8) is 0 Å². The molecule has 176 valence electrons. The third-order valence-corrected chi connectivity index (χ3v) is 6.28. The van der Waals surface area contributed by atoms with Crippen molar-refractivity contribution in [3.05, 3.63) is 87.9 Å². The first-order chi connectivity index (χ1) is 16.9. The summed E-state index contributed by atoms with van der Waals surface area (Å²) in [6.45, 7) is 3.52. The molecule has 0 amide bonds. The molecule has 35 heavy (non-hydrogen) atoms. The summed E-state index contributed by atoms with van der Waals surface area (Å²) in [7, 11) is 0. The number of hydrogen-bond donors (Lipinski definition) is 1. The Labute approximate surface area is 206 Å². The largest absolute Gasteiger partial charge is 0.462 e. The Morgan fingerprint density at radius 2 is 1.80 bits per heavy atom. The molecule has 0 saturated carbocycles. The minimum atomic E-state index is -0.648. The van der Waals surface area contributed by atoms with E-state index in [4.69, 9.17) is 15.2 Å². The predicted octanol–water partition coefficient (Wildman–Crippen LogP) is 4.90.